The van der Waals surface area contributed by atoms with Crippen LogP contribution in [0.2, 0.25) is 0 Å². The lowest BCUT2D eigenvalue weighted by Crippen LogP contribution is -2.27. The van der Waals surface area contributed by atoms with Crippen LogP contribution in [0.25, 0.3) is 0 Å². The number of nitrogens with one attached hydrogen (secondary N) is 2. The van der Waals surface area contributed by atoms with Crippen molar-refractivity contribution in [1.82, 2.24) is 5.32 Å². The number of ketones is 1. The summed E-state index contributed by atoms with van der Waals surface area (Å²) in [5.74, 6) is -0.817. The Morgan fingerprint density at radius 3 is 2.27 bits per heavy atom. The highest BCUT2D eigenvalue weighted by atomic mass is 16.2. The largest absolute Gasteiger partial charge is 0.352 e. The van der Waals surface area contributed by atoms with Crippen LogP contribution in [0.3, 0.4) is 0 Å². The molecule has 1 fully saturated rings. The summed E-state index contributed by atoms with van der Waals surface area (Å²) in [6.45, 7) is 3.98. The highest BCUT2D eigenvalue weighted by molar-refractivity contribution is 6.00. The molecule has 2 unspecified atom stereocenters. The van der Waals surface area contributed by atoms with Crippen molar-refractivity contribution in [3.05, 3.63) is 65.2 Å². The maximum absolute atomic E-state index is 12.3. The number of benzene rings is 2. The van der Waals surface area contributed by atoms with Crippen LogP contribution in [0.15, 0.2) is 48.5 Å². The molecule has 2 atom stereocenters. The van der Waals surface area contributed by atoms with Gasteiger partial charge in [0.1, 0.15) is 0 Å². The number of carbonyl (C=O) groups excluding carboxylic acids is 3. The van der Waals surface area contributed by atoms with Crippen molar-refractivity contribution in [2.75, 3.05) is 5.32 Å². The van der Waals surface area contributed by atoms with Crippen LogP contribution in [0, 0.1) is 18.8 Å². The third-order valence-electron chi connectivity index (χ3n) is 4.74. The Bertz CT molecular complexity index is 843. The van der Waals surface area contributed by atoms with E-state index in [1.165, 1.54) is 6.92 Å². The topological polar surface area (TPSA) is 75.3 Å². The fourth-order valence-corrected chi connectivity index (χ4v) is 2.92. The highest BCUT2D eigenvalue weighted by Crippen LogP contribution is 2.39. The van der Waals surface area contributed by atoms with Crippen LogP contribution in [0.4, 0.5) is 5.69 Å². The SMILES string of the molecule is CC(=O)c1ccc(NC(=O)C2CC2C(=O)NCc2ccccc2C)cc1. The summed E-state index contributed by atoms with van der Waals surface area (Å²) in [5.41, 5.74) is 3.44. The summed E-state index contributed by atoms with van der Waals surface area (Å²) in [4.78, 5) is 35.8. The zero-order valence-electron chi connectivity index (χ0n) is 14.9. The first-order valence-electron chi connectivity index (χ1n) is 8.70. The lowest BCUT2D eigenvalue weighted by molar-refractivity contribution is -0.125. The molecule has 134 valence electrons. The molecule has 0 aliphatic heterocycles. The average Bonchev–Trinajstić information content (AvgIpc) is 3.42. The van der Waals surface area contributed by atoms with Gasteiger partial charge in [-0.05, 0) is 55.7 Å². The quantitative estimate of drug-likeness (QED) is 0.786. The van der Waals surface area contributed by atoms with E-state index in [4.69, 9.17) is 0 Å². The van der Waals surface area contributed by atoms with Gasteiger partial charge in [-0.1, -0.05) is 24.3 Å². The van der Waals surface area contributed by atoms with Gasteiger partial charge in [0.25, 0.3) is 0 Å². The van der Waals surface area contributed by atoms with Gasteiger partial charge >= 0.3 is 0 Å². The van der Waals surface area contributed by atoms with Crippen LogP contribution in [-0.4, -0.2) is 17.6 Å². The van der Waals surface area contributed by atoms with Gasteiger partial charge in [0.15, 0.2) is 5.78 Å². The number of Topliss-reactive ketones (excluding diaryl/α,β-unsaturated/α-hetero) is 1. The van der Waals surface area contributed by atoms with Crippen LogP contribution in [-0.2, 0) is 16.1 Å². The minimum atomic E-state index is -0.292. The number of amides is 2. The van der Waals surface area contributed by atoms with E-state index >= 15 is 0 Å². The van der Waals surface area contributed by atoms with E-state index in [2.05, 4.69) is 10.6 Å². The predicted octanol–water partition coefficient (Wildman–Crippen LogP) is 3.09. The number of aryl methyl sites for hydroxylation is 1. The molecule has 5 nitrogen and oxygen atoms in total. The van der Waals surface area contributed by atoms with Gasteiger partial charge < -0.3 is 10.6 Å². The normalized spacial score (nSPS) is 18.1. The molecule has 1 aliphatic rings. The third-order valence-corrected chi connectivity index (χ3v) is 4.74. The molecule has 0 saturated heterocycles. The first kappa shape index (κ1) is 17.9. The lowest BCUT2D eigenvalue weighted by Gasteiger charge is -2.08. The summed E-state index contributed by atoms with van der Waals surface area (Å²) in [6.07, 6.45) is 0.566. The molecule has 2 N–H and O–H groups in total. The van der Waals surface area contributed by atoms with Crippen molar-refractivity contribution in [2.24, 2.45) is 11.8 Å². The van der Waals surface area contributed by atoms with Gasteiger partial charge in [-0.3, -0.25) is 14.4 Å². The maximum atomic E-state index is 12.3. The Morgan fingerprint density at radius 1 is 0.962 bits per heavy atom. The van der Waals surface area contributed by atoms with E-state index in [0.717, 1.165) is 11.1 Å². The zero-order valence-corrected chi connectivity index (χ0v) is 14.9. The van der Waals surface area contributed by atoms with E-state index in [9.17, 15) is 14.4 Å². The van der Waals surface area contributed by atoms with Crippen molar-refractivity contribution in [1.29, 1.82) is 0 Å². The first-order chi connectivity index (χ1) is 12.5. The van der Waals surface area contributed by atoms with Gasteiger partial charge in [-0.2, -0.15) is 0 Å². The Morgan fingerprint density at radius 2 is 1.62 bits per heavy atom. The monoisotopic (exact) mass is 350 g/mol. The molecular weight excluding hydrogens is 328 g/mol. The lowest BCUT2D eigenvalue weighted by atomic mass is 10.1. The van der Waals surface area contributed by atoms with Gasteiger partial charge in [0, 0.05) is 17.8 Å². The van der Waals surface area contributed by atoms with Gasteiger partial charge in [-0.25, -0.2) is 0 Å². The Hall–Kier alpha value is -2.95. The van der Waals surface area contributed by atoms with Crippen molar-refractivity contribution in [3.8, 4) is 0 Å². The molecule has 0 aromatic heterocycles. The molecule has 1 aliphatic carbocycles. The molecular formula is C21H22N2O3. The smallest absolute Gasteiger partial charge is 0.228 e. The standard InChI is InChI=1S/C21H22N2O3/c1-13-5-3-4-6-16(13)12-22-20(25)18-11-19(18)21(26)23-17-9-7-15(8-10-17)14(2)24/h3-10,18-19H,11-12H2,1-2H3,(H,22,25)(H,23,26). The van der Waals surface area contributed by atoms with Crippen LogP contribution in [0.1, 0.15) is 34.8 Å². The summed E-state index contributed by atoms with van der Waals surface area (Å²) < 4.78 is 0. The van der Waals surface area contributed by atoms with E-state index in [1.807, 2.05) is 31.2 Å². The number of carbonyl (C=O) groups is 3. The first-order valence-corrected chi connectivity index (χ1v) is 8.70. The van der Waals surface area contributed by atoms with E-state index in [1.54, 1.807) is 24.3 Å². The van der Waals surface area contributed by atoms with Crippen molar-refractivity contribution in [2.45, 2.75) is 26.8 Å². The van der Waals surface area contributed by atoms with Gasteiger partial charge in [0.2, 0.25) is 11.8 Å². The average molecular weight is 350 g/mol. The molecule has 2 aromatic rings. The zero-order chi connectivity index (χ0) is 18.7. The van der Waals surface area contributed by atoms with Crippen LogP contribution in [0.5, 0.6) is 0 Å². The van der Waals surface area contributed by atoms with Crippen LogP contribution < -0.4 is 10.6 Å². The fraction of sp³-hybridized carbons (Fsp3) is 0.286. The maximum Gasteiger partial charge on any atom is 0.228 e. The summed E-state index contributed by atoms with van der Waals surface area (Å²) in [6, 6.07) is 14.6. The Kier molecular flexibility index (Phi) is 5.16. The van der Waals surface area contributed by atoms with Crippen molar-refractivity contribution >= 4 is 23.3 Å². The highest BCUT2D eigenvalue weighted by Gasteiger charge is 2.47. The van der Waals surface area contributed by atoms with Crippen molar-refractivity contribution in [3.63, 3.8) is 0 Å². The second-order valence-electron chi connectivity index (χ2n) is 6.72. The molecule has 0 radical (unpaired) electrons. The second kappa shape index (κ2) is 7.52. The van der Waals surface area contributed by atoms with E-state index in [-0.39, 0.29) is 29.4 Å². The fourth-order valence-electron chi connectivity index (χ4n) is 2.92. The minimum Gasteiger partial charge on any atom is -0.352 e. The number of hydrogen-bond donors (Lipinski definition) is 2. The molecule has 3 rings (SSSR count). The molecule has 26 heavy (non-hydrogen) atoms. The molecule has 2 aromatic carbocycles. The molecule has 1 saturated carbocycles. The molecule has 2 amide bonds. The predicted molar refractivity (Wildman–Crippen MR) is 99.7 cm³/mol. The van der Waals surface area contributed by atoms with Gasteiger partial charge in [-0.15, -0.1) is 0 Å². The second-order valence-corrected chi connectivity index (χ2v) is 6.72. The van der Waals surface area contributed by atoms with E-state index < -0.39 is 0 Å². The molecule has 0 heterocycles. The minimum absolute atomic E-state index is 0.0181. The molecule has 0 bridgehead atoms. The number of hydrogen-bond acceptors (Lipinski definition) is 3. The van der Waals surface area contributed by atoms with Crippen LogP contribution >= 0.6 is 0 Å². The number of anilines is 1. The summed E-state index contributed by atoms with van der Waals surface area (Å²) in [5, 5.41) is 5.72. The van der Waals surface area contributed by atoms with Crippen molar-refractivity contribution < 1.29 is 14.4 Å². The number of rotatable bonds is 6. The summed E-state index contributed by atoms with van der Waals surface area (Å²) in [7, 11) is 0. The molecule has 5 heteroatoms. The Balaban J connectivity index is 1.49. The summed E-state index contributed by atoms with van der Waals surface area (Å²) >= 11 is 0. The Labute approximate surface area is 152 Å². The third kappa shape index (κ3) is 4.17. The van der Waals surface area contributed by atoms with Gasteiger partial charge in [0.05, 0.1) is 11.8 Å². The van der Waals surface area contributed by atoms with E-state index in [0.29, 0.717) is 24.2 Å². The molecule has 0 spiro atoms.